The van der Waals surface area contributed by atoms with Crippen LogP contribution >= 0.6 is 0 Å². The zero-order valence-electron chi connectivity index (χ0n) is 15.4. The predicted molar refractivity (Wildman–Crippen MR) is 100 cm³/mol. The lowest BCUT2D eigenvalue weighted by Gasteiger charge is -2.13. The SMILES string of the molecule is CCCCCCCCCNC(=O)C(=O)Nc1ccccc1C(C)C. The lowest BCUT2D eigenvalue weighted by atomic mass is 10.0. The van der Waals surface area contributed by atoms with Crippen LogP contribution in [0.3, 0.4) is 0 Å². The van der Waals surface area contributed by atoms with Crippen LogP contribution in [0.4, 0.5) is 5.69 Å². The second kappa shape index (κ2) is 11.7. The average molecular weight is 332 g/mol. The Balaban J connectivity index is 2.27. The van der Waals surface area contributed by atoms with Crippen LogP contribution in [0.1, 0.15) is 77.2 Å². The Hall–Kier alpha value is -1.84. The van der Waals surface area contributed by atoms with E-state index in [-0.39, 0.29) is 5.92 Å². The summed E-state index contributed by atoms with van der Waals surface area (Å²) < 4.78 is 0. The van der Waals surface area contributed by atoms with Crippen molar-refractivity contribution in [2.75, 3.05) is 11.9 Å². The fourth-order valence-electron chi connectivity index (χ4n) is 2.66. The minimum absolute atomic E-state index is 0.289. The maximum absolute atomic E-state index is 12.0. The third kappa shape index (κ3) is 7.62. The van der Waals surface area contributed by atoms with Gasteiger partial charge in [0.2, 0.25) is 0 Å². The van der Waals surface area contributed by atoms with Crippen molar-refractivity contribution in [1.29, 1.82) is 0 Å². The van der Waals surface area contributed by atoms with E-state index in [0.717, 1.165) is 18.4 Å². The van der Waals surface area contributed by atoms with Gasteiger partial charge >= 0.3 is 11.8 Å². The van der Waals surface area contributed by atoms with Crippen molar-refractivity contribution in [3.63, 3.8) is 0 Å². The van der Waals surface area contributed by atoms with Crippen LogP contribution in [0.5, 0.6) is 0 Å². The lowest BCUT2D eigenvalue weighted by Crippen LogP contribution is -2.36. The van der Waals surface area contributed by atoms with Crippen molar-refractivity contribution >= 4 is 17.5 Å². The van der Waals surface area contributed by atoms with Gasteiger partial charge in [0, 0.05) is 12.2 Å². The predicted octanol–water partition coefficient (Wildman–Crippen LogP) is 4.62. The van der Waals surface area contributed by atoms with Crippen LogP contribution in [-0.4, -0.2) is 18.4 Å². The number of hydrogen-bond donors (Lipinski definition) is 2. The van der Waals surface area contributed by atoms with Gasteiger partial charge in [-0.2, -0.15) is 0 Å². The van der Waals surface area contributed by atoms with Gasteiger partial charge in [0.05, 0.1) is 0 Å². The van der Waals surface area contributed by atoms with E-state index in [1.165, 1.54) is 32.1 Å². The molecule has 0 saturated heterocycles. The molecule has 0 aromatic heterocycles. The van der Waals surface area contributed by atoms with E-state index in [1.807, 2.05) is 24.3 Å². The highest BCUT2D eigenvalue weighted by atomic mass is 16.2. The molecule has 0 aliphatic carbocycles. The quantitative estimate of drug-likeness (QED) is 0.485. The molecule has 0 bridgehead atoms. The maximum atomic E-state index is 12.0. The summed E-state index contributed by atoms with van der Waals surface area (Å²) in [6.45, 7) is 6.89. The molecule has 0 atom stereocenters. The topological polar surface area (TPSA) is 58.2 Å². The Morgan fingerprint density at radius 1 is 0.917 bits per heavy atom. The maximum Gasteiger partial charge on any atom is 0.313 e. The molecule has 0 aliphatic rings. The molecule has 1 aromatic rings. The molecule has 0 unspecified atom stereocenters. The Morgan fingerprint density at radius 3 is 2.21 bits per heavy atom. The fraction of sp³-hybridized carbons (Fsp3) is 0.600. The summed E-state index contributed by atoms with van der Waals surface area (Å²) in [7, 11) is 0. The zero-order valence-corrected chi connectivity index (χ0v) is 15.4. The molecular weight excluding hydrogens is 300 g/mol. The summed E-state index contributed by atoms with van der Waals surface area (Å²) >= 11 is 0. The minimum atomic E-state index is -0.592. The molecule has 24 heavy (non-hydrogen) atoms. The van der Waals surface area contributed by atoms with Gasteiger partial charge in [-0.1, -0.05) is 77.5 Å². The van der Waals surface area contributed by atoms with Gasteiger partial charge in [-0.25, -0.2) is 0 Å². The largest absolute Gasteiger partial charge is 0.348 e. The summed E-state index contributed by atoms with van der Waals surface area (Å²) in [6, 6.07) is 7.59. The summed E-state index contributed by atoms with van der Waals surface area (Å²) in [6.07, 6.45) is 8.33. The molecule has 1 rings (SSSR count). The van der Waals surface area contributed by atoms with Crippen LogP contribution in [0.2, 0.25) is 0 Å². The first-order chi connectivity index (χ1) is 11.6. The number of rotatable bonds is 10. The number of anilines is 1. The molecule has 134 valence electrons. The van der Waals surface area contributed by atoms with Gasteiger partial charge in [-0.3, -0.25) is 9.59 Å². The van der Waals surface area contributed by atoms with E-state index in [4.69, 9.17) is 0 Å². The van der Waals surface area contributed by atoms with Crippen molar-refractivity contribution in [2.45, 2.75) is 71.6 Å². The normalized spacial score (nSPS) is 10.7. The molecule has 0 fully saturated rings. The van der Waals surface area contributed by atoms with Gasteiger partial charge in [0.15, 0.2) is 0 Å². The number of carbonyl (C=O) groups excluding carboxylic acids is 2. The molecule has 0 saturated carbocycles. The molecule has 4 nitrogen and oxygen atoms in total. The van der Waals surface area contributed by atoms with Crippen LogP contribution in [0.15, 0.2) is 24.3 Å². The van der Waals surface area contributed by atoms with Gasteiger partial charge in [0.25, 0.3) is 0 Å². The smallest absolute Gasteiger partial charge is 0.313 e. The molecule has 0 radical (unpaired) electrons. The number of unbranched alkanes of at least 4 members (excludes halogenated alkanes) is 6. The molecule has 4 heteroatoms. The summed E-state index contributed by atoms with van der Waals surface area (Å²) in [4.78, 5) is 23.9. The molecule has 0 aliphatic heterocycles. The van der Waals surface area contributed by atoms with Gasteiger partial charge in [-0.15, -0.1) is 0 Å². The molecule has 2 N–H and O–H groups in total. The zero-order chi connectivity index (χ0) is 17.8. The van der Waals surface area contributed by atoms with E-state index in [0.29, 0.717) is 12.2 Å². The first kappa shape index (κ1) is 20.2. The van der Waals surface area contributed by atoms with Gasteiger partial charge in [-0.05, 0) is 24.0 Å². The van der Waals surface area contributed by atoms with Crippen LogP contribution in [0, 0.1) is 0 Å². The minimum Gasteiger partial charge on any atom is -0.348 e. The first-order valence-corrected chi connectivity index (χ1v) is 9.24. The van der Waals surface area contributed by atoms with E-state index in [1.54, 1.807) is 0 Å². The third-order valence-corrected chi connectivity index (χ3v) is 4.10. The third-order valence-electron chi connectivity index (χ3n) is 4.10. The molecule has 2 amide bonds. The van der Waals surface area contributed by atoms with Crippen LogP contribution in [-0.2, 0) is 9.59 Å². The van der Waals surface area contributed by atoms with Crippen molar-refractivity contribution < 1.29 is 9.59 Å². The van der Waals surface area contributed by atoms with E-state index in [2.05, 4.69) is 31.4 Å². The van der Waals surface area contributed by atoms with Crippen LogP contribution in [0.25, 0.3) is 0 Å². The molecule has 0 spiro atoms. The average Bonchev–Trinajstić information content (AvgIpc) is 2.57. The number of para-hydroxylation sites is 1. The number of benzene rings is 1. The number of hydrogen-bond acceptors (Lipinski definition) is 2. The lowest BCUT2D eigenvalue weighted by molar-refractivity contribution is -0.136. The van der Waals surface area contributed by atoms with Crippen molar-refractivity contribution in [2.24, 2.45) is 0 Å². The summed E-state index contributed by atoms with van der Waals surface area (Å²) in [5.41, 5.74) is 1.74. The standard InChI is InChI=1S/C20H32N2O2/c1-4-5-6-7-8-9-12-15-21-19(23)20(24)22-18-14-11-10-13-17(18)16(2)3/h10-11,13-14,16H,4-9,12,15H2,1-3H3,(H,21,23)(H,22,24). The highest BCUT2D eigenvalue weighted by Gasteiger charge is 2.15. The summed E-state index contributed by atoms with van der Waals surface area (Å²) in [5.74, 6) is -0.858. The Labute approximate surface area is 146 Å². The van der Waals surface area contributed by atoms with Gasteiger partial charge < -0.3 is 10.6 Å². The van der Waals surface area contributed by atoms with Crippen molar-refractivity contribution in [1.82, 2.24) is 5.32 Å². The first-order valence-electron chi connectivity index (χ1n) is 9.24. The van der Waals surface area contributed by atoms with Crippen molar-refractivity contribution in [3.05, 3.63) is 29.8 Å². The number of amides is 2. The van der Waals surface area contributed by atoms with E-state index < -0.39 is 11.8 Å². The van der Waals surface area contributed by atoms with E-state index in [9.17, 15) is 9.59 Å². The van der Waals surface area contributed by atoms with Crippen LogP contribution < -0.4 is 10.6 Å². The Bertz CT molecular complexity index is 512. The highest BCUT2D eigenvalue weighted by molar-refractivity contribution is 6.39. The summed E-state index contributed by atoms with van der Waals surface area (Å²) in [5, 5.41) is 5.42. The fourth-order valence-corrected chi connectivity index (χ4v) is 2.66. The van der Waals surface area contributed by atoms with E-state index >= 15 is 0 Å². The number of carbonyl (C=O) groups is 2. The second-order valence-electron chi connectivity index (χ2n) is 6.57. The highest BCUT2D eigenvalue weighted by Crippen LogP contribution is 2.23. The Morgan fingerprint density at radius 2 is 1.54 bits per heavy atom. The second-order valence-corrected chi connectivity index (χ2v) is 6.57. The monoisotopic (exact) mass is 332 g/mol. The van der Waals surface area contributed by atoms with Crippen molar-refractivity contribution in [3.8, 4) is 0 Å². The molecule has 0 heterocycles. The molecule has 1 aromatic carbocycles. The molecular formula is C20H32N2O2. The van der Waals surface area contributed by atoms with Gasteiger partial charge in [0.1, 0.15) is 0 Å². The number of nitrogens with one attached hydrogen (secondary N) is 2. The Kier molecular flexibility index (Phi) is 9.81.